The maximum absolute atomic E-state index is 12.3. The molecule has 0 saturated heterocycles. The molecule has 0 amide bonds. The highest BCUT2D eigenvalue weighted by molar-refractivity contribution is 5.43. The van der Waals surface area contributed by atoms with Crippen molar-refractivity contribution in [1.29, 1.82) is 0 Å². The van der Waals surface area contributed by atoms with E-state index < -0.39 is 6.61 Å². The van der Waals surface area contributed by atoms with Crippen molar-refractivity contribution >= 4 is 0 Å². The van der Waals surface area contributed by atoms with Crippen LogP contribution in [0.25, 0.3) is 0 Å². The Kier molecular flexibility index (Phi) is 6.16. The molecule has 20 heavy (non-hydrogen) atoms. The van der Waals surface area contributed by atoms with Gasteiger partial charge >= 0.3 is 6.61 Å². The fourth-order valence-electron chi connectivity index (χ4n) is 1.73. The topological polar surface area (TPSA) is 50.7 Å². The van der Waals surface area contributed by atoms with Crippen molar-refractivity contribution in [1.82, 2.24) is 5.32 Å². The third-order valence-electron chi connectivity index (χ3n) is 2.95. The monoisotopic (exact) mass is 289 g/mol. The molecular formula is C14H21F2NO3. The molecule has 0 saturated carbocycles. The summed E-state index contributed by atoms with van der Waals surface area (Å²) in [4.78, 5) is 0. The summed E-state index contributed by atoms with van der Waals surface area (Å²) in [5.41, 5.74) is 0.561. The zero-order valence-corrected chi connectivity index (χ0v) is 12.0. The van der Waals surface area contributed by atoms with Gasteiger partial charge in [-0.05, 0) is 38.0 Å². The number of aliphatic hydroxyl groups is 1. The van der Waals surface area contributed by atoms with Crippen molar-refractivity contribution in [2.75, 3.05) is 13.7 Å². The fraction of sp³-hybridized carbons (Fsp3) is 0.571. The van der Waals surface area contributed by atoms with Gasteiger partial charge in [-0.15, -0.1) is 0 Å². The molecule has 4 nitrogen and oxygen atoms in total. The Labute approximate surface area is 117 Å². The van der Waals surface area contributed by atoms with Crippen LogP contribution in [0.3, 0.4) is 0 Å². The van der Waals surface area contributed by atoms with Crippen molar-refractivity contribution in [3.63, 3.8) is 0 Å². The number of halogens is 2. The molecule has 6 heteroatoms. The van der Waals surface area contributed by atoms with Crippen LogP contribution < -0.4 is 14.8 Å². The van der Waals surface area contributed by atoms with Crippen molar-refractivity contribution in [2.45, 2.75) is 39.0 Å². The largest absolute Gasteiger partial charge is 0.493 e. The van der Waals surface area contributed by atoms with Crippen molar-refractivity contribution < 1.29 is 23.4 Å². The van der Waals surface area contributed by atoms with Gasteiger partial charge in [-0.3, -0.25) is 0 Å². The summed E-state index contributed by atoms with van der Waals surface area (Å²) < 4.78 is 34.0. The first kappa shape index (κ1) is 16.7. The summed E-state index contributed by atoms with van der Waals surface area (Å²) in [6.45, 7) is 1.60. The molecule has 114 valence electrons. The Hall–Kier alpha value is -1.40. The molecule has 0 fully saturated rings. The smallest absolute Gasteiger partial charge is 0.387 e. The van der Waals surface area contributed by atoms with Crippen LogP contribution in [-0.4, -0.2) is 31.0 Å². The predicted molar refractivity (Wildman–Crippen MR) is 72.2 cm³/mol. The Morgan fingerprint density at radius 1 is 1.30 bits per heavy atom. The van der Waals surface area contributed by atoms with E-state index in [-0.39, 0.29) is 23.6 Å². The van der Waals surface area contributed by atoms with E-state index in [1.165, 1.54) is 13.2 Å². The first-order valence-electron chi connectivity index (χ1n) is 6.35. The summed E-state index contributed by atoms with van der Waals surface area (Å²) in [5.74, 6) is 0.283. The molecule has 1 aromatic carbocycles. The van der Waals surface area contributed by atoms with Crippen LogP contribution in [0.15, 0.2) is 18.2 Å². The molecule has 0 atom stereocenters. The van der Waals surface area contributed by atoms with Gasteiger partial charge < -0.3 is 19.9 Å². The van der Waals surface area contributed by atoms with Crippen LogP contribution in [0.2, 0.25) is 0 Å². The minimum Gasteiger partial charge on any atom is -0.493 e. The number of ether oxygens (including phenoxy) is 2. The van der Waals surface area contributed by atoms with Crippen LogP contribution in [0.5, 0.6) is 11.5 Å². The lowest BCUT2D eigenvalue weighted by Gasteiger charge is -2.25. The van der Waals surface area contributed by atoms with Gasteiger partial charge in [-0.25, -0.2) is 0 Å². The molecule has 0 aliphatic carbocycles. The van der Waals surface area contributed by atoms with E-state index in [1.807, 2.05) is 13.8 Å². The van der Waals surface area contributed by atoms with Gasteiger partial charge in [0.05, 0.1) is 7.11 Å². The highest BCUT2D eigenvalue weighted by Gasteiger charge is 2.17. The molecule has 0 bridgehead atoms. The van der Waals surface area contributed by atoms with Crippen LogP contribution in [0, 0.1) is 0 Å². The lowest BCUT2D eigenvalue weighted by molar-refractivity contribution is -0.0512. The minimum atomic E-state index is -2.89. The lowest BCUT2D eigenvalue weighted by atomic mass is 10.0. The number of aliphatic hydroxyl groups excluding tert-OH is 1. The van der Waals surface area contributed by atoms with Crippen molar-refractivity contribution in [3.8, 4) is 11.5 Å². The first-order chi connectivity index (χ1) is 9.38. The highest BCUT2D eigenvalue weighted by atomic mass is 19.3. The van der Waals surface area contributed by atoms with Crippen LogP contribution in [-0.2, 0) is 6.54 Å². The fourth-order valence-corrected chi connectivity index (χ4v) is 1.73. The van der Waals surface area contributed by atoms with Gasteiger partial charge in [0.1, 0.15) is 0 Å². The maximum atomic E-state index is 12.3. The quantitative estimate of drug-likeness (QED) is 0.772. The molecule has 1 aromatic rings. The normalized spacial score (nSPS) is 11.8. The highest BCUT2D eigenvalue weighted by Crippen LogP contribution is 2.29. The number of benzene rings is 1. The molecule has 0 unspecified atom stereocenters. The summed E-state index contributed by atoms with van der Waals surface area (Å²) in [5, 5.41) is 12.2. The van der Waals surface area contributed by atoms with Crippen LogP contribution >= 0.6 is 0 Å². The van der Waals surface area contributed by atoms with E-state index in [0.717, 1.165) is 5.56 Å². The summed E-state index contributed by atoms with van der Waals surface area (Å²) in [6.07, 6.45) is 0.601. The SMILES string of the molecule is COc1ccc(CNC(C)(C)CCO)cc1OC(F)F. The summed E-state index contributed by atoms with van der Waals surface area (Å²) >= 11 is 0. The predicted octanol–water partition coefficient (Wildman–Crippen LogP) is 2.55. The second-order valence-corrected chi connectivity index (χ2v) is 5.07. The molecule has 0 aromatic heterocycles. The van der Waals surface area contributed by atoms with Gasteiger partial charge in [0.2, 0.25) is 0 Å². The second-order valence-electron chi connectivity index (χ2n) is 5.07. The van der Waals surface area contributed by atoms with Crippen LogP contribution in [0.4, 0.5) is 8.78 Å². The van der Waals surface area contributed by atoms with Gasteiger partial charge in [0.25, 0.3) is 0 Å². The summed E-state index contributed by atoms with van der Waals surface area (Å²) in [7, 11) is 1.40. The molecule has 0 aliphatic heterocycles. The Balaban J connectivity index is 2.76. The molecule has 2 N–H and O–H groups in total. The average molecular weight is 289 g/mol. The number of nitrogens with one attached hydrogen (secondary N) is 1. The molecule has 0 aliphatic rings. The zero-order chi connectivity index (χ0) is 15.2. The van der Waals surface area contributed by atoms with Gasteiger partial charge in [0.15, 0.2) is 11.5 Å². The standard InChI is InChI=1S/C14H21F2NO3/c1-14(2,6-7-18)17-9-10-4-5-11(19-3)12(8-10)20-13(15)16/h4-5,8,13,17-18H,6-7,9H2,1-3H3. The third kappa shape index (κ3) is 5.30. The van der Waals surface area contributed by atoms with Gasteiger partial charge in [-0.1, -0.05) is 6.07 Å². The maximum Gasteiger partial charge on any atom is 0.387 e. The van der Waals surface area contributed by atoms with E-state index in [2.05, 4.69) is 10.1 Å². The minimum absolute atomic E-state index is 0.0155. The number of rotatable bonds is 8. The first-order valence-corrected chi connectivity index (χ1v) is 6.35. The third-order valence-corrected chi connectivity index (χ3v) is 2.95. The molecule has 0 spiro atoms. The Bertz CT molecular complexity index is 425. The Morgan fingerprint density at radius 2 is 2.00 bits per heavy atom. The number of alkyl halides is 2. The number of methoxy groups -OCH3 is 1. The summed E-state index contributed by atoms with van der Waals surface area (Å²) in [6, 6.07) is 4.89. The van der Waals surface area contributed by atoms with E-state index >= 15 is 0 Å². The number of hydrogen-bond acceptors (Lipinski definition) is 4. The van der Waals surface area contributed by atoms with Crippen molar-refractivity contribution in [2.24, 2.45) is 0 Å². The Morgan fingerprint density at radius 3 is 2.55 bits per heavy atom. The second kappa shape index (κ2) is 7.40. The van der Waals surface area contributed by atoms with E-state index in [9.17, 15) is 8.78 Å². The van der Waals surface area contributed by atoms with Crippen molar-refractivity contribution in [3.05, 3.63) is 23.8 Å². The lowest BCUT2D eigenvalue weighted by Crippen LogP contribution is -2.39. The molecule has 0 radical (unpaired) electrons. The zero-order valence-electron chi connectivity index (χ0n) is 12.0. The van der Waals surface area contributed by atoms with E-state index in [4.69, 9.17) is 9.84 Å². The van der Waals surface area contributed by atoms with Gasteiger partial charge in [-0.2, -0.15) is 8.78 Å². The number of hydrogen-bond donors (Lipinski definition) is 2. The molecule has 1 rings (SSSR count). The van der Waals surface area contributed by atoms with Crippen LogP contribution in [0.1, 0.15) is 25.8 Å². The average Bonchev–Trinajstić information content (AvgIpc) is 2.36. The van der Waals surface area contributed by atoms with Gasteiger partial charge in [0, 0.05) is 18.7 Å². The molecule has 0 heterocycles. The molecular weight excluding hydrogens is 268 g/mol. The van der Waals surface area contributed by atoms with E-state index in [1.54, 1.807) is 12.1 Å². The van der Waals surface area contributed by atoms with E-state index in [0.29, 0.717) is 13.0 Å².